The number of anilines is 2. The molecule has 6 nitrogen and oxygen atoms in total. The SMILES string of the molecule is Nc1ccc(CCOC(=O)/C=C/c2ccc(OC3C(c4ccc(OC(F)(F)F)cc4)=Cc4ccccc43)cc2)c(N)c1. The first kappa shape index (κ1) is 28.4. The van der Waals surface area contributed by atoms with Crippen molar-refractivity contribution < 1.29 is 32.2 Å². The first-order valence-electron chi connectivity index (χ1n) is 13.1. The van der Waals surface area contributed by atoms with Gasteiger partial charge in [-0.25, -0.2) is 4.79 Å². The summed E-state index contributed by atoms with van der Waals surface area (Å²) in [6, 6.07) is 25.9. The maximum atomic E-state index is 12.6. The van der Waals surface area contributed by atoms with Crippen molar-refractivity contribution in [2.45, 2.75) is 18.9 Å². The minimum Gasteiger partial charge on any atom is -0.481 e. The second-order valence-electron chi connectivity index (χ2n) is 9.58. The molecule has 4 aromatic rings. The van der Waals surface area contributed by atoms with Gasteiger partial charge in [0, 0.05) is 35.0 Å². The van der Waals surface area contributed by atoms with E-state index in [9.17, 15) is 18.0 Å². The largest absolute Gasteiger partial charge is 0.573 e. The van der Waals surface area contributed by atoms with Crippen molar-refractivity contribution in [2.24, 2.45) is 0 Å². The number of hydrogen-bond acceptors (Lipinski definition) is 6. The van der Waals surface area contributed by atoms with Crippen molar-refractivity contribution >= 4 is 35.1 Å². The third-order valence-corrected chi connectivity index (χ3v) is 6.62. The Morgan fingerprint density at radius 2 is 1.60 bits per heavy atom. The summed E-state index contributed by atoms with van der Waals surface area (Å²) in [7, 11) is 0. The second-order valence-corrected chi connectivity index (χ2v) is 9.58. The van der Waals surface area contributed by atoms with E-state index >= 15 is 0 Å². The lowest BCUT2D eigenvalue weighted by Crippen LogP contribution is -2.17. The topological polar surface area (TPSA) is 96.8 Å². The third-order valence-electron chi connectivity index (χ3n) is 6.62. The molecule has 4 N–H and O–H groups in total. The molecule has 0 saturated heterocycles. The Bertz CT molecular complexity index is 1630. The first-order valence-corrected chi connectivity index (χ1v) is 13.1. The lowest BCUT2D eigenvalue weighted by Gasteiger charge is -2.20. The zero-order valence-corrected chi connectivity index (χ0v) is 22.3. The summed E-state index contributed by atoms with van der Waals surface area (Å²) in [4.78, 5) is 12.2. The zero-order valence-electron chi connectivity index (χ0n) is 22.3. The quantitative estimate of drug-likeness (QED) is 0.125. The lowest BCUT2D eigenvalue weighted by molar-refractivity contribution is -0.274. The van der Waals surface area contributed by atoms with Crippen molar-refractivity contribution in [2.75, 3.05) is 18.1 Å². The summed E-state index contributed by atoms with van der Waals surface area (Å²) >= 11 is 0. The van der Waals surface area contributed by atoms with Crippen LogP contribution in [0.5, 0.6) is 11.5 Å². The molecule has 0 radical (unpaired) electrons. The number of ether oxygens (including phenoxy) is 3. The summed E-state index contributed by atoms with van der Waals surface area (Å²) in [5.74, 6) is -0.187. The van der Waals surface area contributed by atoms with Crippen LogP contribution in [-0.4, -0.2) is 18.9 Å². The molecule has 0 saturated carbocycles. The van der Waals surface area contributed by atoms with Crippen LogP contribution < -0.4 is 20.9 Å². The molecule has 0 bridgehead atoms. The van der Waals surface area contributed by atoms with E-state index in [1.54, 1.807) is 42.5 Å². The first-order chi connectivity index (χ1) is 20.1. The maximum Gasteiger partial charge on any atom is 0.573 e. The molecule has 5 rings (SSSR count). The number of benzene rings is 4. The third kappa shape index (κ3) is 7.11. The lowest BCUT2D eigenvalue weighted by atomic mass is 10.0. The molecule has 0 amide bonds. The Hall–Kier alpha value is -5.18. The van der Waals surface area contributed by atoms with Crippen LogP contribution in [0.1, 0.15) is 33.9 Å². The van der Waals surface area contributed by atoms with Gasteiger partial charge in [0.05, 0.1) is 6.61 Å². The number of rotatable bonds is 9. The van der Waals surface area contributed by atoms with Crippen LogP contribution in [0.4, 0.5) is 24.5 Å². The Labute approximate surface area is 240 Å². The van der Waals surface area contributed by atoms with Crippen molar-refractivity contribution in [1.82, 2.24) is 0 Å². The highest BCUT2D eigenvalue weighted by Crippen LogP contribution is 2.43. The molecule has 42 heavy (non-hydrogen) atoms. The average molecular weight is 573 g/mol. The van der Waals surface area contributed by atoms with Crippen LogP contribution in [0.2, 0.25) is 0 Å². The number of hydrogen-bond donors (Lipinski definition) is 2. The Balaban J connectivity index is 1.22. The predicted molar refractivity (Wildman–Crippen MR) is 156 cm³/mol. The van der Waals surface area contributed by atoms with Crippen molar-refractivity contribution in [1.29, 1.82) is 0 Å². The smallest absolute Gasteiger partial charge is 0.481 e. The van der Waals surface area contributed by atoms with E-state index in [4.69, 9.17) is 20.9 Å². The van der Waals surface area contributed by atoms with Crippen molar-refractivity contribution in [3.05, 3.63) is 125 Å². The van der Waals surface area contributed by atoms with Crippen LogP contribution in [0.25, 0.3) is 17.7 Å². The summed E-state index contributed by atoms with van der Waals surface area (Å²) in [6.07, 6.45) is 0.202. The van der Waals surface area contributed by atoms with Gasteiger partial charge in [0.1, 0.15) is 11.5 Å². The molecule has 1 unspecified atom stereocenters. The summed E-state index contributed by atoms with van der Waals surface area (Å²) in [6.45, 7) is 0.181. The molecule has 0 heterocycles. The standard InChI is InChI=1S/C33H27F3N2O4/c34-33(35,36)42-27-14-9-22(10-15-27)29-19-24-3-1-2-4-28(24)32(29)41-26-12-5-21(6-13-26)7-16-31(39)40-18-17-23-8-11-25(37)20-30(23)38/h1-16,19-20,32H,17-18,37-38H2/b16-7+. The van der Waals surface area contributed by atoms with E-state index in [2.05, 4.69) is 4.74 Å². The molecule has 0 aliphatic heterocycles. The molecule has 4 aromatic carbocycles. The number of fused-ring (bicyclic) bond motifs is 1. The number of esters is 1. The van der Waals surface area contributed by atoms with Crippen LogP contribution in [-0.2, 0) is 16.0 Å². The predicted octanol–water partition coefficient (Wildman–Crippen LogP) is 7.22. The fraction of sp³-hybridized carbons (Fsp3) is 0.121. The highest BCUT2D eigenvalue weighted by Gasteiger charge is 2.32. The van der Waals surface area contributed by atoms with Gasteiger partial charge >= 0.3 is 12.3 Å². The van der Waals surface area contributed by atoms with Gasteiger partial charge in [-0.15, -0.1) is 13.2 Å². The fourth-order valence-electron chi connectivity index (χ4n) is 4.61. The molecule has 1 aliphatic rings. The van der Waals surface area contributed by atoms with Gasteiger partial charge in [-0.2, -0.15) is 0 Å². The molecule has 0 fully saturated rings. The summed E-state index contributed by atoms with van der Waals surface area (Å²) in [5, 5.41) is 0. The molecular formula is C33H27F3N2O4. The molecule has 9 heteroatoms. The molecular weight excluding hydrogens is 545 g/mol. The number of carbonyl (C=O) groups excluding carboxylic acids is 1. The van der Waals surface area contributed by atoms with E-state index < -0.39 is 18.4 Å². The maximum absolute atomic E-state index is 12.6. The van der Waals surface area contributed by atoms with E-state index in [1.807, 2.05) is 48.5 Å². The van der Waals surface area contributed by atoms with Crippen molar-refractivity contribution in [3.63, 3.8) is 0 Å². The fourth-order valence-corrected chi connectivity index (χ4v) is 4.61. The van der Waals surface area contributed by atoms with Gasteiger partial charge in [0.25, 0.3) is 0 Å². The monoisotopic (exact) mass is 572 g/mol. The van der Waals surface area contributed by atoms with Gasteiger partial charge in [-0.3, -0.25) is 0 Å². The molecule has 0 spiro atoms. The van der Waals surface area contributed by atoms with Gasteiger partial charge in [-0.1, -0.05) is 54.6 Å². The second kappa shape index (κ2) is 12.1. The Morgan fingerprint density at radius 3 is 2.31 bits per heavy atom. The van der Waals surface area contributed by atoms with Gasteiger partial charge in [0.15, 0.2) is 6.10 Å². The normalized spacial score (nSPS) is 14.4. The molecule has 214 valence electrons. The van der Waals surface area contributed by atoms with E-state index in [-0.39, 0.29) is 12.4 Å². The van der Waals surface area contributed by atoms with Crippen LogP contribution >= 0.6 is 0 Å². The molecule has 1 aliphatic carbocycles. The minimum absolute atomic E-state index is 0.181. The van der Waals surface area contributed by atoms with Crippen LogP contribution in [0.15, 0.2) is 97.1 Å². The highest BCUT2D eigenvalue weighted by molar-refractivity contribution is 5.91. The zero-order chi connectivity index (χ0) is 29.7. The Kier molecular flexibility index (Phi) is 8.19. The molecule has 1 atom stereocenters. The van der Waals surface area contributed by atoms with E-state index in [1.165, 1.54) is 18.2 Å². The van der Waals surface area contributed by atoms with E-state index in [0.29, 0.717) is 29.1 Å². The summed E-state index contributed by atoms with van der Waals surface area (Å²) in [5.41, 5.74) is 17.8. The summed E-state index contributed by atoms with van der Waals surface area (Å²) < 4.78 is 53.4. The average Bonchev–Trinajstić information content (AvgIpc) is 3.31. The van der Waals surface area contributed by atoms with Gasteiger partial charge < -0.3 is 25.7 Å². The van der Waals surface area contributed by atoms with Gasteiger partial charge in [0.2, 0.25) is 0 Å². The van der Waals surface area contributed by atoms with E-state index in [0.717, 1.165) is 27.8 Å². The Morgan fingerprint density at radius 1 is 0.881 bits per heavy atom. The van der Waals surface area contributed by atoms with Crippen molar-refractivity contribution in [3.8, 4) is 11.5 Å². The number of halogens is 3. The highest BCUT2D eigenvalue weighted by atomic mass is 19.4. The number of nitrogens with two attached hydrogens (primary N) is 2. The number of alkyl halides is 3. The number of nitrogen functional groups attached to an aromatic ring is 2. The van der Waals surface area contributed by atoms with Crippen LogP contribution in [0, 0.1) is 0 Å². The van der Waals surface area contributed by atoms with Gasteiger partial charge in [-0.05, 0) is 70.8 Å². The molecule has 0 aromatic heterocycles. The minimum atomic E-state index is -4.76. The number of carbonyl (C=O) groups is 1. The van der Waals surface area contributed by atoms with Crippen LogP contribution in [0.3, 0.4) is 0 Å².